The minimum atomic E-state index is -0.219. The lowest BCUT2D eigenvalue weighted by atomic mass is 9.99. The topological polar surface area (TPSA) is 53.1 Å². The third kappa shape index (κ3) is 2.79. The molecule has 0 aliphatic rings. The van der Waals surface area contributed by atoms with E-state index in [9.17, 15) is 0 Å². The van der Waals surface area contributed by atoms with Crippen molar-refractivity contribution in [3.05, 3.63) is 47.3 Å². The first-order chi connectivity index (χ1) is 9.00. The van der Waals surface area contributed by atoms with Crippen LogP contribution in [0.3, 0.4) is 0 Å². The fraction of sp³-hybridized carbons (Fsp3) is 0.400. The predicted octanol–water partition coefficient (Wildman–Crippen LogP) is 2.56. The highest BCUT2D eigenvalue weighted by molar-refractivity contribution is 5.41. The molecule has 0 aliphatic heterocycles. The number of benzene rings is 1. The van der Waals surface area contributed by atoms with Gasteiger partial charge >= 0.3 is 0 Å². The van der Waals surface area contributed by atoms with Crippen molar-refractivity contribution >= 4 is 0 Å². The second-order valence-electron chi connectivity index (χ2n) is 4.99. The van der Waals surface area contributed by atoms with Gasteiger partial charge in [0.1, 0.15) is 5.75 Å². The molecule has 1 aromatic heterocycles. The molecule has 4 nitrogen and oxygen atoms in total. The summed E-state index contributed by atoms with van der Waals surface area (Å²) in [5, 5.41) is 4.25. The van der Waals surface area contributed by atoms with Crippen LogP contribution in [0.4, 0.5) is 0 Å². The van der Waals surface area contributed by atoms with Gasteiger partial charge in [-0.25, -0.2) is 0 Å². The summed E-state index contributed by atoms with van der Waals surface area (Å²) < 4.78 is 7.66. The molecule has 0 spiro atoms. The molecule has 0 saturated heterocycles. The second kappa shape index (κ2) is 5.45. The summed E-state index contributed by atoms with van der Waals surface area (Å²) in [6.45, 7) is 6.05. The van der Waals surface area contributed by atoms with Crippen LogP contribution in [0.15, 0.2) is 30.5 Å². The van der Waals surface area contributed by atoms with Gasteiger partial charge in [-0.05, 0) is 26.8 Å². The monoisotopic (exact) mass is 259 g/mol. The number of rotatable bonds is 4. The first kappa shape index (κ1) is 13.6. The van der Waals surface area contributed by atoms with Crippen molar-refractivity contribution in [2.75, 3.05) is 0 Å². The van der Waals surface area contributed by atoms with E-state index < -0.39 is 0 Å². The van der Waals surface area contributed by atoms with Crippen LogP contribution in [0.5, 0.6) is 5.75 Å². The van der Waals surface area contributed by atoms with Crippen LogP contribution in [0.2, 0.25) is 0 Å². The van der Waals surface area contributed by atoms with Gasteiger partial charge in [0.25, 0.3) is 0 Å². The number of nitrogens with two attached hydrogens (primary N) is 1. The molecular formula is C15H21N3O. The Bertz CT molecular complexity index is 560. The quantitative estimate of drug-likeness (QED) is 0.918. The first-order valence-electron chi connectivity index (χ1n) is 6.50. The molecule has 1 unspecified atom stereocenters. The molecule has 0 bridgehead atoms. The maximum atomic E-state index is 6.37. The molecule has 4 heteroatoms. The Balaban J connectivity index is 2.38. The van der Waals surface area contributed by atoms with E-state index in [1.807, 2.05) is 63.0 Å². The molecule has 0 radical (unpaired) electrons. The number of aryl methyl sites for hydroxylation is 1. The molecule has 0 saturated carbocycles. The first-order valence-corrected chi connectivity index (χ1v) is 6.50. The summed E-state index contributed by atoms with van der Waals surface area (Å²) in [5.74, 6) is 0.841. The molecular weight excluding hydrogens is 238 g/mol. The summed E-state index contributed by atoms with van der Waals surface area (Å²) in [7, 11) is 1.92. The summed E-state index contributed by atoms with van der Waals surface area (Å²) in [5.41, 5.74) is 9.47. The summed E-state index contributed by atoms with van der Waals surface area (Å²) in [4.78, 5) is 0. The average molecular weight is 259 g/mol. The largest absolute Gasteiger partial charge is 0.491 e. The SMILES string of the molecule is Cc1c(C(N)c2ccccc2OC(C)C)cnn1C. The van der Waals surface area contributed by atoms with Crippen molar-refractivity contribution in [2.45, 2.75) is 32.9 Å². The fourth-order valence-corrected chi connectivity index (χ4v) is 2.09. The van der Waals surface area contributed by atoms with Gasteiger partial charge in [-0.15, -0.1) is 0 Å². The van der Waals surface area contributed by atoms with Crippen molar-refractivity contribution in [2.24, 2.45) is 12.8 Å². The summed E-state index contributed by atoms with van der Waals surface area (Å²) in [6, 6.07) is 7.69. The van der Waals surface area contributed by atoms with Crippen molar-refractivity contribution in [1.82, 2.24) is 9.78 Å². The number of ether oxygens (including phenoxy) is 1. The maximum absolute atomic E-state index is 6.37. The molecule has 0 amide bonds. The zero-order chi connectivity index (χ0) is 14.0. The molecule has 2 rings (SSSR count). The molecule has 2 N–H and O–H groups in total. The van der Waals surface area contributed by atoms with Crippen molar-refractivity contribution in [3.8, 4) is 5.75 Å². The Labute approximate surface area is 114 Å². The predicted molar refractivity (Wildman–Crippen MR) is 76.2 cm³/mol. The average Bonchev–Trinajstić information content (AvgIpc) is 2.69. The number of para-hydroxylation sites is 1. The van der Waals surface area contributed by atoms with Gasteiger partial charge in [-0.2, -0.15) is 5.10 Å². The van der Waals surface area contributed by atoms with Crippen molar-refractivity contribution < 1.29 is 4.74 Å². The van der Waals surface area contributed by atoms with Crippen molar-refractivity contribution in [1.29, 1.82) is 0 Å². The summed E-state index contributed by atoms with van der Waals surface area (Å²) in [6.07, 6.45) is 1.95. The van der Waals surface area contributed by atoms with E-state index in [0.29, 0.717) is 0 Å². The van der Waals surface area contributed by atoms with Gasteiger partial charge in [-0.1, -0.05) is 18.2 Å². The van der Waals surface area contributed by atoms with E-state index >= 15 is 0 Å². The van der Waals surface area contributed by atoms with Crippen LogP contribution in [0.25, 0.3) is 0 Å². The molecule has 0 aliphatic carbocycles. The lowest BCUT2D eigenvalue weighted by Crippen LogP contribution is -2.16. The van der Waals surface area contributed by atoms with E-state index in [2.05, 4.69) is 5.10 Å². The van der Waals surface area contributed by atoms with E-state index in [-0.39, 0.29) is 12.1 Å². The number of hydrogen-bond donors (Lipinski definition) is 1. The van der Waals surface area contributed by atoms with Crippen LogP contribution in [-0.4, -0.2) is 15.9 Å². The molecule has 2 aromatic rings. The van der Waals surface area contributed by atoms with E-state index in [4.69, 9.17) is 10.5 Å². The van der Waals surface area contributed by atoms with Crippen LogP contribution in [-0.2, 0) is 7.05 Å². The number of aromatic nitrogens is 2. The molecule has 1 aromatic carbocycles. The highest BCUT2D eigenvalue weighted by atomic mass is 16.5. The molecule has 1 heterocycles. The van der Waals surface area contributed by atoms with Crippen molar-refractivity contribution in [3.63, 3.8) is 0 Å². The Morgan fingerprint density at radius 3 is 2.47 bits per heavy atom. The third-order valence-corrected chi connectivity index (χ3v) is 3.23. The molecule has 1 atom stereocenters. The highest BCUT2D eigenvalue weighted by Gasteiger charge is 2.18. The van der Waals surface area contributed by atoms with Crippen LogP contribution < -0.4 is 10.5 Å². The molecule has 0 fully saturated rings. The zero-order valence-corrected chi connectivity index (χ0v) is 11.9. The van der Waals surface area contributed by atoms with E-state index in [1.165, 1.54) is 0 Å². The zero-order valence-electron chi connectivity index (χ0n) is 11.9. The van der Waals surface area contributed by atoms with Crippen LogP contribution in [0, 0.1) is 6.92 Å². The van der Waals surface area contributed by atoms with E-state index in [1.54, 1.807) is 0 Å². The van der Waals surface area contributed by atoms with Crippen LogP contribution >= 0.6 is 0 Å². The minimum absolute atomic E-state index is 0.128. The van der Waals surface area contributed by atoms with Gasteiger partial charge in [0.15, 0.2) is 0 Å². The fourth-order valence-electron chi connectivity index (χ4n) is 2.09. The van der Waals surface area contributed by atoms with Gasteiger partial charge in [0.2, 0.25) is 0 Å². The third-order valence-electron chi connectivity index (χ3n) is 3.23. The van der Waals surface area contributed by atoms with Gasteiger partial charge in [0.05, 0.1) is 18.3 Å². The smallest absolute Gasteiger partial charge is 0.124 e. The van der Waals surface area contributed by atoms with Gasteiger partial charge in [0, 0.05) is 23.9 Å². The Hall–Kier alpha value is -1.81. The standard InChI is InChI=1S/C15H21N3O/c1-10(2)19-14-8-6-5-7-12(14)15(16)13-9-17-18(4)11(13)3/h5-10,15H,16H2,1-4H3. The Kier molecular flexibility index (Phi) is 3.90. The van der Waals surface area contributed by atoms with Gasteiger partial charge in [-0.3, -0.25) is 4.68 Å². The van der Waals surface area contributed by atoms with Crippen LogP contribution in [0.1, 0.15) is 36.7 Å². The Morgan fingerprint density at radius 1 is 1.21 bits per heavy atom. The number of hydrogen-bond acceptors (Lipinski definition) is 3. The normalized spacial score (nSPS) is 12.7. The maximum Gasteiger partial charge on any atom is 0.124 e. The van der Waals surface area contributed by atoms with E-state index in [0.717, 1.165) is 22.6 Å². The minimum Gasteiger partial charge on any atom is -0.491 e. The number of nitrogens with zero attached hydrogens (tertiary/aromatic N) is 2. The summed E-state index contributed by atoms with van der Waals surface area (Å²) >= 11 is 0. The highest BCUT2D eigenvalue weighted by Crippen LogP contribution is 2.30. The Morgan fingerprint density at radius 2 is 1.89 bits per heavy atom. The second-order valence-corrected chi connectivity index (χ2v) is 4.99. The molecule has 19 heavy (non-hydrogen) atoms. The lowest BCUT2D eigenvalue weighted by molar-refractivity contribution is 0.239. The molecule has 102 valence electrons. The van der Waals surface area contributed by atoms with Gasteiger partial charge < -0.3 is 10.5 Å². The lowest BCUT2D eigenvalue weighted by Gasteiger charge is -2.18.